The van der Waals surface area contributed by atoms with Crippen LogP contribution in [0.15, 0.2) is 72.1 Å². The molecule has 51 heavy (non-hydrogen) atoms. The number of ether oxygens (including phenoxy) is 4. The lowest BCUT2D eigenvalue weighted by Gasteiger charge is -2.44. The number of rotatable bonds is 7. The lowest BCUT2D eigenvalue weighted by Crippen LogP contribution is -2.60. The number of esters is 4. The molecule has 0 spiro atoms. The second-order valence-corrected chi connectivity index (χ2v) is 14.1. The van der Waals surface area contributed by atoms with Gasteiger partial charge in [-0.25, -0.2) is 14.4 Å². The van der Waals surface area contributed by atoms with E-state index in [1.54, 1.807) is 34.6 Å². The number of aromatic nitrogens is 1. The Kier molecular flexibility index (Phi) is 12.7. The molecule has 0 unspecified atom stereocenters. The Morgan fingerprint density at radius 3 is 2.04 bits per heavy atom. The molecule has 278 valence electrons. The maximum Gasteiger partial charge on any atom is 0.340 e. The molecule has 0 saturated heterocycles. The zero-order chi connectivity index (χ0) is 38.6. The zero-order valence-corrected chi connectivity index (χ0v) is 30.5. The number of Topliss-reactive ketones (excluding diaryl/α,β-unsaturated/α-hetero) is 1. The van der Waals surface area contributed by atoms with Crippen molar-refractivity contribution in [2.24, 2.45) is 17.3 Å². The molecule has 1 saturated carbocycles. The van der Waals surface area contributed by atoms with E-state index in [2.05, 4.69) is 11.6 Å². The van der Waals surface area contributed by atoms with E-state index in [0.717, 1.165) is 19.9 Å². The molecule has 1 fully saturated rings. The van der Waals surface area contributed by atoms with E-state index in [1.165, 1.54) is 56.6 Å². The van der Waals surface area contributed by atoms with Gasteiger partial charge in [-0.05, 0) is 70.7 Å². The maximum atomic E-state index is 14.3. The van der Waals surface area contributed by atoms with Crippen molar-refractivity contribution in [3.05, 3.63) is 77.7 Å². The fraction of sp³-hybridized carbons (Fsp3) is 0.526. The number of hydrogen-bond donors (Lipinski definition) is 3. The highest BCUT2D eigenvalue weighted by molar-refractivity contribution is 5.97. The van der Waals surface area contributed by atoms with Gasteiger partial charge in [0.2, 0.25) is 0 Å². The molecule has 13 nitrogen and oxygen atoms in total. The molecule has 3 rings (SSSR count). The van der Waals surface area contributed by atoms with Crippen LogP contribution >= 0.6 is 0 Å². The standard InChI is InChI=1S/C38H49NO12/c1-11-20(3)32(42)49-28-22(5)18-38(47)26(28)27(41)23(6)29(50-33(43)21(4)12-2)30(48-24(7)40)31(51-34(44)25-14-13-17-39-19-25)36(8,9)15-16-37(10,46)35(38)45/h11-17,19,22,26-31,41,46-47H,6,18H2,1-5,7-10H3/b16-15-,20-11-,21-12-/t22-,26-,27-,28-,29-,30+,31+,37+,38+/m0/s1. The highest BCUT2D eigenvalue weighted by atomic mass is 16.6. The Morgan fingerprint density at radius 2 is 1.51 bits per heavy atom. The van der Waals surface area contributed by atoms with E-state index in [1.807, 2.05) is 0 Å². The number of carbonyl (C=O) groups is 5. The first-order valence-electron chi connectivity index (χ1n) is 16.7. The monoisotopic (exact) mass is 711 g/mol. The molecule has 1 aromatic rings. The van der Waals surface area contributed by atoms with E-state index in [0.29, 0.717) is 0 Å². The molecule has 0 amide bonds. The molecule has 1 heterocycles. The first-order chi connectivity index (χ1) is 23.6. The molecule has 1 aromatic heterocycles. The normalized spacial score (nSPS) is 33.5. The number of allylic oxidation sites excluding steroid dienone is 2. The van der Waals surface area contributed by atoms with Crippen LogP contribution in [-0.4, -0.2) is 91.7 Å². The molecular weight excluding hydrogens is 662 g/mol. The number of hydrogen-bond acceptors (Lipinski definition) is 13. The third kappa shape index (κ3) is 8.71. The van der Waals surface area contributed by atoms with E-state index in [4.69, 9.17) is 18.9 Å². The highest BCUT2D eigenvalue weighted by Crippen LogP contribution is 2.49. The lowest BCUT2D eigenvalue weighted by molar-refractivity contribution is -0.181. The molecule has 3 N–H and O–H groups in total. The number of carbonyl (C=O) groups excluding carboxylic acids is 5. The minimum absolute atomic E-state index is 0.0235. The van der Waals surface area contributed by atoms with Gasteiger partial charge in [0.25, 0.3) is 0 Å². The number of ketones is 1. The summed E-state index contributed by atoms with van der Waals surface area (Å²) in [6.07, 6.45) is -0.614. The summed E-state index contributed by atoms with van der Waals surface area (Å²) in [7, 11) is 0. The first kappa shape index (κ1) is 41.0. The molecule has 0 aromatic carbocycles. The van der Waals surface area contributed by atoms with Crippen molar-refractivity contribution in [3.8, 4) is 0 Å². The van der Waals surface area contributed by atoms with Crippen molar-refractivity contribution in [3.63, 3.8) is 0 Å². The Bertz CT molecular complexity index is 1620. The van der Waals surface area contributed by atoms with Crippen molar-refractivity contribution in [1.29, 1.82) is 0 Å². The molecule has 0 radical (unpaired) electrons. The van der Waals surface area contributed by atoms with Gasteiger partial charge in [-0.15, -0.1) is 0 Å². The van der Waals surface area contributed by atoms with Crippen LogP contribution in [0.4, 0.5) is 0 Å². The zero-order valence-electron chi connectivity index (χ0n) is 30.5. The van der Waals surface area contributed by atoms with Gasteiger partial charge in [-0.1, -0.05) is 45.6 Å². The van der Waals surface area contributed by atoms with Crippen LogP contribution in [0.5, 0.6) is 0 Å². The predicted octanol–water partition coefficient (Wildman–Crippen LogP) is 3.52. The Labute approximate surface area is 298 Å². The Balaban J connectivity index is 2.39. The first-order valence-corrected chi connectivity index (χ1v) is 16.7. The molecule has 2 aliphatic carbocycles. The number of aliphatic hydroxyl groups is 3. The van der Waals surface area contributed by atoms with Gasteiger partial charge in [0.05, 0.1) is 17.6 Å². The van der Waals surface area contributed by atoms with Crippen molar-refractivity contribution in [2.75, 3.05) is 0 Å². The summed E-state index contributed by atoms with van der Waals surface area (Å²) in [6, 6.07) is 2.94. The second kappa shape index (κ2) is 15.8. The Hall–Kier alpha value is -4.46. The molecule has 13 heteroatoms. The summed E-state index contributed by atoms with van der Waals surface area (Å²) >= 11 is 0. The van der Waals surface area contributed by atoms with Gasteiger partial charge < -0.3 is 34.3 Å². The number of pyridine rings is 1. The number of fused-ring (bicyclic) bond motifs is 1. The average molecular weight is 712 g/mol. The molecule has 2 aliphatic rings. The largest absolute Gasteiger partial charge is 0.458 e. The van der Waals surface area contributed by atoms with Gasteiger partial charge >= 0.3 is 23.9 Å². The van der Waals surface area contributed by atoms with Gasteiger partial charge in [-0.3, -0.25) is 14.6 Å². The quantitative estimate of drug-likeness (QED) is 0.161. The Morgan fingerprint density at radius 1 is 0.922 bits per heavy atom. The minimum atomic E-state index is -2.52. The second-order valence-electron chi connectivity index (χ2n) is 14.1. The van der Waals surface area contributed by atoms with Crippen molar-refractivity contribution in [2.45, 2.75) is 110 Å². The molecule has 9 atom stereocenters. The third-order valence-corrected chi connectivity index (χ3v) is 9.63. The van der Waals surface area contributed by atoms with E-state index in [9.17, 15) is 39.3 Å². The van der Waals surface area contributed by atoms with Crippen LogP contribution < -0.4 is 0 Å². The topological polar surface area (TPSA) is 196 Å². The van der Waals surface area contributed by atoms with Crippen LogP contribution in [-0.2, 0) is 38.1 Å². The van der Waals surface area contributed by atoms with E-state index < -0.39 is 88.6 Å². The lowest BCUT2D eigenvalue weighted by atomic mass is 9.71. The summed E-state index contributed by atoms with van der Waals surface area (Å²) in [5, 5.41) is 36.1. The van der Waals surface area contributed by atoms with Crippen LogP contribution in [0.25, 0.3) is 0 Å². The predicted molar refractivity (Wildman–Crippen MR) is 184 cm³/mol. The van der Waals surface area contributed by atoms with Crippen molar-refractivity contribution in [1.82, 2.24) is 4.98 Å². The minimum Gasteiger partial charge on any atom is -0.458 e. The fourth-order valence-electron chi connectivity index (χ4n) is 6.43. The number of aliphatic hydroxyl groups excluding tert-OH is 1. The van der Waals surface area contributed by atoms with Gasteiger partial charge in [0.1, 0.15) is 17.3 Å². The summed E-state index contributed by atoms with van der Waals surface area (Å²) in [4.78, 5) is 71.0. The van der Waals surface area contributed by atoms with Crippen molar-refractivity contribution < 1.29 is 58.2 Å². The number of nitrogens with zero attached hydrogens (tertiary/aromatic N) is 1. The van der Waals surface area contributed by atoms with E-state index >= 15 is 0 Å². The fourth-order valence-corrected chi connectivity index (χ4v) is 6.43. The maximum absolute atomic E-state index is 14.3. The summed E-state index contributed by atoms with van der Waals surface area (Å²) in [5.41, 5.74) is -6.37. The van der Waals surface area contributed by atoms with Crippen LogP contribution in [0.3, 0.4) is 0 Å². The van der Waals surface area contributed by atoms with Crippen LogP contribution in [0.2, 0.25) is 0 Å². The smallest absolute Gasteiger partial charge is 0.340 e. The average Bonchev–Trinajstić information content (AvgIpc) is 3.34. The van der Waals surface area contributed by atoms with Gasteiger partial charge in [0, 0.05) is 35.9 Å². The SMILES string of the molecule is C=C1[C@H](O)[C@H]2[C@@H](OC(=O)/C(C)=C\C)[C@@H](C)C[C@]2(O)C(=O)[C@](C)(O)/C=C\C(C)(C)[C@H](OC(=O)c2cccnc2)[C@H](OC(C)=O)[C@H]1OC(=O)/C(C)=C\C. The van der Waals surface area contributed by atoms with Crippen LogP contribution in [0, 0.1) is 17.3 Å². The van der Waals surface area contributed by atoms with Gasteiger partial charge in [0.15, 0.2) is 24.1 Å². The molecule has 0 bridgehead atoms. The molecular formula is C38H49NO12. The molecule has 0 aliphatic heterocycles. The summed E-state index contributed by atoms with van der Waals surface area (Å²) in [5.74, 6) is -7.03. The highest BCUT2D eigenvalue weighted by Gasteiger charge is 2.64. The summed E-state index contributed by atoms with van der Waals surface area (Å²) in [6.45, 7) is 17.1. The van der Waals surface area contributed by atoms with Crippen LogP contribution in [0.1, 0.15) is 79.1 Å². The van der Waals surface area contributed by atoms with Gasteiger partial charge in [-0.2, -0.15) is 0 Å². The van der Waals surface area contributed by atoms with E-state index in [-0.39, 0.29) is 28.7 Å². The summed E-state index contributed by atoms with van der Waals surface area (Å²) < 4.78 is 23.5. The van der Waals surface area contributed by atoms with Crippen molar-refractivity contribution >= 4 is 29.7 Å². The third-order valence-electron chi connectivity index (χ3n) is 9.63.